The van der Waals surface area contributed by atoms with Gasteiger partial charge in [0.05, 0.1) is 19.1 Å². The average molecular weight is 256 g/mol. The van der Waals surface area contributed by atoms with Crippen molar-refractivity contribution in [3.05, 3.63) is 0 Å². The summed E-state index contributed by atoms with van der Waals surface area (Å²) in [4.78, 5) is 14.4. The summed E-state index contributed by atoms with van der Waals surface area (Å²) in [5.74, 6) is 0.219. The Labute approximate surface area is 111 Å². The second-order valence-electron chi connectivity index (χ2n) is 5.12. The van der Waals surface area contributed by atoms with Gasteiger partial charge in [-0.2, -0.15) is 0 Å². The first-order valence-electron chi connectivity index (χ1n) is 7.23. The molecule has 0 aromatic rings. The van der Waals surface area contributed by atoms with Gasteiger partial charge in [0, 0.05) is 19.1 Å². The van der Waals surface area contributed by atoms with Crippen molar-refractivity contribution in [2.45, 2.75) is 52.1 Å². The van der Waals surface area contributed by atoms with E-state index in [4.69, 9.17) is 4.74 Å². The number of nitrogens with one attached hydrogen (secondary N) is 1. The largest absolute Gasteiger partial charge is 0.379 e. The highest BCUT2D eigenvalue weighted by Gasteiger charge is 2.36. The lowest BCUT2D eigenvalue weighted by atomic mass is 10.00. The highest BCUT2D eigenvalue weighted by molar-refractivity contribution is 5.80. The van der Waals surface area contributed by atoms with E-state index in [2.05, 4.69) is 26.1 Å². The summed E-state index contributed by atoms with van der Waals surface area (Å²) in [6.07, 6.45) is 3.11. The Morgan fingerprint density at radius 1 is 1.33 bits per heavy atom. The van der Waals surface area contributed by atoms with Crippen molar-refractivity contribution in [1.82, 2.24) is 10.2 Å². The minimum absolute atomic E-state index is 0.0119. The SMILES string of the molecule is CCCNC1COCC1C(=O)N(C)C(CC)CC. The van der Waals surface area contributed by atoms with Crippen LogP contribution in [-0.2, 0) is 9.53 Å². The molecular weight excluding hydrogens is 228 g/mol. The number of nitrogens with zero attached hydrogens (tertiary/aromatic N) is 1. The van der Waals surface area contributed by atoms with Gasteiger partial charge in [-0.25, -0.2) is 0 Å². The van der Waals surface area contributed by atoms with Crippen molar-refractivity contribution >= 4 is 5.91 Å². The number of amides is 1. The Morgan fingerprint density at radius 3 is 2.56 bits per heavy atom. The highest BCUT2D eigenvalue weighted by Crippen LogP contribution is 2.19. The Balaban J connectivity index is 2.58. The monoisotopic (exact) mass is 256 g/mol. The zero-order chi connectivity index (χ0) is 13.5. The molecule has 0 aromatic carbocycles. The minimum Gasteiger partial charge on any atom is -0.379 e. The van der Waals surface area contributed by atoms with Gasteiger partial charge in [0.25, 0.3) is 0 Å². The van der Waals surface area contributed by atoms with E-state index in [-0.39, 0.29) is 17.9 Å². The van der Waals surface area contributed by atoms with Crippen LogP contribution in [0.25, 0.3) is 0 Å². The molecule has 1 amide bonds. The molecular formula is C14H28N2O2. The molecule has 0 aliphatic carbocycles. The molecule has 1 fully saturated rings. The lowest BCUT2D eigenvalue weighted by molar-refractivity contribution is -0.137. The van der Waals surface area contributed by atoms with Crippen molar-refractivity contribution in [1.29, 1.82) is 0 Å². The summed E-state index contributed by atoms with van der Waals surface area (Å²) in [5, 5.41) is 3.42. The molecule has 1 rings (SSSR count). The topological polar surface area (TPSA) is 41.6 Å². The third kappa shape index (κ3) is 3.69. The number of carbonyl (C=O) groups is 1. The zero-order valence-corrected chi connectivity index (χ0v) is 12.2. The normalized spacial score (nSPS) is 23.6. The van der Waals surface area contributed by atoms with E-state index in [1.54, 1.807) is 0 Å². The van der Waals surface area contributed by atoms with E-state index < -0.39 is 0 Å². The van der Waals surface area contributed by atoms with Crippen LogP contribution in [0.3, 0.4) is 0 Å². The van der Waals surface area contributed by atoms with Gasteiger partial charge in [-0.05, 0) is 25.8 Å². The molecule has 4 nitrogen and oxygen atoms in total. The van der Waals surface area contributed by atoms with Crippen molar-refractivity contribution < 1.29 is 9.53 Å². The molecule has 2 unspecified atom stereocenters. The first-order chi connectivity index (χ1) is 8.65. The van der Waals surface area contributed by atoms with Gasteiger partial charge in [-0.1, -0.05) is 20.8 Å². The smallest absolute Gasteiger partial charge is 0.229 e. The summed E-state index contributed by atoms with van der Waals surface area (Å²) in [6.45, 7) is 8.58. The predicted molar refractivity (Wildman–Crippen MR) is 73.5 cm³/mol. The van der Waals surface area contributed by atoms with Crippen LogP contribution in [-0.4, -0.2) is 49.7 Å². The molecule has 1 N–H and O–H groups in total. The van der Waals surface area contributed by atoms with Gasteiger partial charge in [-0.3, -0.25) is 4.79 Å². The molecule has 1 heterocycles. The lowest BCUT2D eigenvalue weighted by Crippen LogP contribution is -2.47. The second-order valence-corrected chi connectivity index (χ2v) is 5.12. The van der Waals surface area contributed by atoms with Gasteiger partial charge < -0.3 is 15.0 Å². The number of rotatable bonds is 7. The summed E-state index contributed by atoms with van der Waals surface area (Å²) in [5.41, 5.74) is 0. The molecule has 1 aliphatic heterocycles. The van der Waals surface area contributed by atoms with E-state index in [0.29, 0.717) is 19.3 Å². The van der Waals surface area contributed by atoms with Crippen LogP contribution in [0.5, 0.6) is 0 Å². The van der Waals surface area contributed by atoms with Crippen LogP contribution in [0.2, 0.25) is 0 Å². The molecule has 0 aromatic heterocycles. The summed E-state index contributed by atoms with van der Waals surface area (Å²) in [6, 6.07) is 0.541. The molecule has 2 atom stereocenters. The first kappa shape index (κ1) is 15.4. The predicted octanol–water partition coefficient (Wildman–Crippen LogP) is 1.65. The number of hydrogen-bond acceptors (Lipinski definition) is 3. The number of carbonyl (C=O) groups excluding carboxylic acids is 1. The lowest BCUT2D eigenvalue weighted by Gasteiger charge is -2.30. The van der Waals surface area contributed by atoms with Crippen LogP contribution in [0, 0.1) is 5.92 Å². The molecule has 18 heavy (non-hydrogen) atoms. The first-order valence-corrected chi connectivity index (χ1v) is 7.23. The molecule has 1 saturated heterocycles. The third-order valence-corrected chi connectivity index (χ3v) is 3.89. The van der Waals surface area contributed by atoms with Crippen LogP contribution in [0.4, 0.5) is 0 Å². The highest BCUT2D eigenvalue weighted by atomic mass is 16.5. The molecule has 4 heteroatoms. The Hall–Kier alpha value is -0.610. The van der Waals surface area contributed by atoms with Crippen molar-refractivity contribution in [2.24, 2.45) is 5.92 Å². The molecule has 0 saturated carbocycles. The van der Waals surface area contributed by atoms with Crippen molar-refractivity contribution in [3.8, 4) is 0 Å². The van der Waals surface area contributed by atoms with E-state index in [1.807, 2.05) is 11.9 Å². The van der Waals surface area contributed by atoms with Crippen LogP contribution in [0.15, 0.2) is 0 Å². The Kier molecular flexibility index (Phi) is 6.65. The third-order valence-electron chi connectivity index (χ3n) is 3.89. The second kappa shape index (κ2) is 7.74. The van der Waals surface area contributed by atoms with Crippen LogP contribution < -0.4 is 5.32 Å². The molecule has 106 valence electrons. The van der Waals surface area contributed by atoms with Crippen LogP contribution in [0.1, 0.15) is 40.0 Å². The summed E-state index contributed by atoms with van der Waals surface area (Å²) in [7, 11) is 1.93. The van der Waals surface area contributed by atoms with Crippen molar-refractivity contribution in [3.63, 3.8) is 0 Å². The minimum atomic E-state index is -0.0119. The van der Waals surface area contributed by atoms with Gasteiger partial charge in [0.1, 0.15) is 0 Å². The van der Waals surface area contributed by atoms with E-state index >= 15 is 0 Å². The molecule has 0 spiro atoms. The van der Waals surface area contributed by atoms with E-state index in [9.17, 15) is 4.79 Å². The Bertz CT molecular complexity index is 254. The summed E-state index contributed by atoms with van der Waals surface area (Å²) < 4.78 is 5.48. The summed E-state index contributed by atoms with van der Waals surface area (Å²) >= 11 is 0. The average Bonchev–Trinajstić information content (AvgIpc) is 2.84. The number of ether oxygens (including phenoxy) is 1. The van der Waals surface area contributed by atoms with E-state index in [0.717, 1.165) is 25.8 Å². The molecule has 0 radical (unpaired) electrons. The number of hydrogen-bond donors (Lipinski definition) is 1. The van der Waals surface area contributed by atoms with Gasteiger partial charge in [-0.15, -0.1) is 0 Å². The Morgan fingerprint density at radius 2 is 2.00 bits per heavy atom. The molecule has 1 aliphatic rings. The van der Waals surface area contributed by atoms with Crippen LogP contribution >= 0.6 is 0 Å². The zero-order valence-electron chi connectivity index (χ0n) is 12.2. The molecule has 0 bridgehead atoms. The van der Waals surface area contributed by atoms with Gasteiger partial charge >= 0.3 is 0 Å². The van der Waals surface area contributed by atoms with E-state index in [1.165, 1.54) is 0 Å². The fourth-order valence-electron chi connectivity index (χ4n) is 2.61. The fraction of sp³-hybridized carbons (Fsp3) is 0.929. The maximum absolute atomic E-state index is 12.5. The fourth-order valence-corrected chi connectivity index (χ4v) is 2.61. The van der Waals surface area contributed by atoms with Crippen molar-refractivity contribution in [2.75, 3.05) is 26.8 Å². The van der Waals surface area contributed by atoms with Gasteiger partial charge in [0.15, 0.2) is 0 Å². The maximum Gasteiger partial charge on any atom is 0.229 e. The maximum atomic E-state index is 12.5. The quantitative estimate of drug-likeness (QED) is 0.753. The van der Waals surface area contributed by atoms with Gasteiger partial charge in [0.2, 0.25) is 5.91 Å². The standard InChI is InChI=1S/C14H28N2O2/c1-5-8-15-13-10-18-9-12(13)14(17)16(4)11(6-2)7-3/h11-13,15H,5-10H2,1-4H3.